The summed E-state index contributed by atoms with van der Waals surface area (Å²) in [5.74, 6) is -0.0691. The van der Waals surface area contributed by atoms with E-state index in [-0.39, 0.29) is 10.7 Å². The van der Waals surface area contributed by atoms with E-state index in [1.807, 2.05) is 0 Å². The quantitative estimate of drug-likeness (QED) is 0.861. The summed E-state index contributed by atoms with van der Waals surface area (Å²) >= 11 is 9.04. The van der Waals surface area contributed by atoms with Gasteiger partial charge in [0.15, 0.2) is 0 Å². The molecule has 8 heteroatoms. The second-order valence-corrected chi connectivity index (χ2v) is 7.10. The number of halogens is 2. The molecule has 2 aromatic rings. The second kappa shape index (κ2) is 5.59. The maximum absolute atomic E-state index is 12.3. The summed E-state index contributed by atoms with van der Waals surface area (Å²) < 4.78 is 27.7. The number of benzene rings is 1. The molecule has 0 aliphatic heterocycles. The molecule has 0 unspecified atom stereocenters. The van der Waals surface area contributed by atoms with Crippen LogP contribution in [0.25, 0.3) is 0 Å². The van der Waals surface area contributed by atoms with Crippen LogP contribution in [-0.2, 0) is 10.0 Å². The molecule has 0 spiro atoms. The fraction of sp³-hybridized carbons (Fsp3) is 0.0833. The molecular weight excluding hydrogens is 366 g/mol. The van der Waals surface area contributed by atoms with Gasteiger partial charge in [-0.15, -0.1) is 0 Å². The Balaban J connectivity index is 2.46. The van der Waals surface area contributed by atoms with Gasteiger partial charge in [-0.1, -0.05) is 17.7 Å². The van der Waals surface area contributed by atoms with Gasteiger partial charge in [0.25, 0.3) is 10.0 Å². The van der Waals surface area contributed by atoms with Crippen LogP contribution in [0, 0.1) is 6.92 Å². The number of nitrogens with zero attached hydrogens (tertiary/aromatic N) is 1. The predicted molar refractivity (Wildman–Crippen MR) is 83.3 cm³/mol. The standard InChI is InChI=1S/C12H11BrClN3O2S/c1-7-2-3-9(14)5-10(7)17-20(18,19)11-4-8(13)6-16-12(11)15/h2-6,17H,1H3,(H2,15,16). The maximum atomic E-state index is 12.3. The van der Waals surface area contributed by atoms with Crippen LogP contribution in [0.5, 0.6) is 0 Å². The van der Waals surface area contributed by atoms with Crippen molar-refractivity contribution < 1.29 is 8.42 Å². The van der Waals surface area contributed by atoms with Gasteiger partial charge in [-0.05, 0) is 46.6 Å². The molecule has 106 valence electrons. The number of nitrogen functional groups attached to an aromatic ring is 1. The van der Waals surface area contributed by atoms with Crippen LogP contribution in [0.2, 0.25) is 5.02 Å². The Hall–Kier alpha value is -1.31. The first kappa shape index (κ1) is 15.1. The Morgan fingerprint density at radius 3 is 2.75 bits per heavy atom. The summed E-state index contributed by atoms with van der Waals surface area (Å²) in [5.41, 5.74) is 6.77. The zero-order valence-corrected chi connectivity index (χ0v) is 13.6. The third kappa shape index (κ3) is 3.23. The maximum Gasteiger partial charge on any atom is 0.265 e. The highest BCUT2D eigenvalue weighted by Gasteiger charge is 2.20. The molecule has 3 N–H and O–H groups in total. The van der Waals surface area contributed by atoms with Gasteiger partial charge in [-0.2, -0.15) is 0 Å². The minimum absolute atomic E-state index is 0.0691. The average Bonchev–Trinajstić information content (AvgIpc) is 2.36. The van der Waals surface area contributed by atoms with Gasteiger partial charge >= 0.3 is 0 Å². The molecule has 0 saturated heterocycles. The van der Waals surface area contributed by atoms with Crippen LogP contribution in [-0.4, -0.2) is 13.4 Å². The fourth-order valence-corrected chi connectivity index (χ4v) is 3.43. The van der Waals surface area contributed by atoms with Crippen molar-refractivity contribution in [3.8, 4) is 0 Å². The zero-order chi connectivity index (χ0) is 14.9. The highest BCUT2D eigenvalue weighted by Crippen LogP contribution is 2.26. The Morgan fingerprint density at radius 1 is 1.35 bits per heavy atom. The SMILES string of the molecule is Cc1ccc(Cl)cc1NS(=O)(=O)c1cc(Br)cnc1N. The lowest BCUT2D eigenvalue weighted by molar-refractivity contribution is 0.601. The van der Waals surface area contributed by atoms with Crippen molar-refractivity contribution in [3.63, 3.8) is 0 Å². The molecule has 1 aromatic carbocycles. The number of nitrogens with one attached hydrogen (secondary N) is 1. The van der Waals surface area contributed by atoms with E-state index in [2.05, 4.69) is 25.6 Å². The van der Waals surface area contributed by atoms with Crippen molar-refractivity contribution in [1.29, 1.82) is 0 Å². The number of hydrogen-bond acceptors (Lipinski definition) is 4. The third-order valence-electron chi connectivity index (χ3n) is 2.58. The van der Waals surface area contributed by atoms with Crippen LogP contribution >= 0.6 is 27.5 Å². The minimum atomic E-state index is -3.83. The van der Waals surface area contributed by atoms with E-state index in [0.29, 0.717) is 15.2 Å². The summed E-state index contributed by atoms with van der Waals surface area (Å²) in [4.78, 5) is 3.72. The highest BCUT2D eigenvalue weighted by atomic mass is 79.9. The summed E-state index contributed by atoms with van der Waals surface area (Å²) in [6.07, 6.45) is 1.43. The van der Waals surface area contributed by atoms with Crippen LogP contribution in [0.1, 0.15) is 5.56 Å². The van der Waals surface area contributed by atoms with E-state index in [9.17, 15) is 8.42 Å². The molecule has 0 fully saturated rings. The normalized spacial score (nSPS) is 11.3. The molecule has 0 bridgehead atoms. The largest absolute Gasteiger partial charge is 0.383 e. The predicted octanol–water partition coefficient (Wildman–Crippen LogP) is 3.19. The molecule has 2 rings (SSSR count). The lowest BCUT2D eigenvalue weighted by atomic mass is 10.2. The van der Waals surface area contributed by atoms with Crippen LogP contribution in [0.15, 0.2) is 39.8 Å². The van der Waals surface area contributed by atoms with E-state index in [1.165, 1.54) is 18.3 Å². The first-order chi connectivity index (χ1) is 9.29. The number of aromatic nitrogens is 1. The van der Waals surface area contributed by atoms with Crippen LogP contribution in [0.3, 0.4) is 0 Å². The number of sulfonamides is 1. The van der Waals surface area contributed by atoms with E-state index < -0.39 is 10.0 Å². The number of pyridine rings is 1. The van der Waals surface area contributed by atoms with Gasteiger partial charge in [0.05, 0.1) is 5.69 Å². The number of nitrogens with two attached hydrogens (primary N) is 1. The fourth-order valence-electron chi connectivity index (χ4n) is 1.55. The minimum Gasteiger partial charge on any atom is -0.383 e. The molecule has 0 aliphatic rings. The van der Waals surface area contributed by atoms with Crippen LogP contribution < -0.4 is 10.5 Å². The smallest absolute Gasteiger partial charge is 0.265 e. The summed E-state index contributed by atoms with van der Waals surface area (Å²) in [5, 5.41) is 0.439. The molecule has 0 saturated carbocycles. The first-order valence-corrected chi connectivity index (χ1v) is 8.15. The van der Waals surface area contributed by atoms with E-state index in [4.69, 9.17) is 17.3 Å². The highest BCUT2D eigenvalue weighted by molar-refractivity contribution is 9.10. The van der Waals surface area contributed by atoms with Crippen molar-refractivity contribution in [1.82, 2.24) is 4.98 Å². The Morgan fingerprint density at radius 2 is 2.05 bits per heavy atom. The molecule has 0 amide bonds. The second-order valence-electron chi connectivity index (χ2n) is 4.10. The third-order valence-corrected chi connectivity index (χ3v) is 4.65. The summed E-state index contributed by atoms with van der Waals surface area (Å²) in [6.45, 7) is 1.77. The van der Waals surface area contributed by atoms with Gasteiger partial charge < -0.3 is 5.73 Å². The number of aryl methyl sites for hydroxylation is 1. The van der Waals surface area contributed by atoms with Gasteiger partial charge in [0.1, 0.15) is 10.7 Å². The van der Waals surface area contributed by atoms with Gasteiger partial charge in [0, 0.05) is 15.7 Å². The molecule has 5 nitrogen and oxygen atoms in total. The molecule has 1 aromatic heterocycles. The van der Waals surface area contributed by atoms with Crippen LogP contribution in [0.4, 0.5) is 11.5 Å². The molecular formula is C12H11BrClN3O2S. The van der Waals surface area contributed by atoms with E-state index in [0.717, 1.165) is 5.56 Å². The Kier molecular flexibility index (Phi) is 4.22. The van der Waals surface area contributed by atoms with Crippen molar-refractivity contribution in [2.45, 2.75) is 11.8 Å². The van der Waals surface area contributed by atoms with E-state index in [1.54, 1.807) is 19.1 Å². The Bertz CT molecular complexity index is 765. The van der Waals surface area contributed by atoms with Gasteiger partial charge in [-0.3, -0.25) is 4.72 Å². The van der Waals surface area contributed by atoms with Gasteiger partial charge in [-0.25, -0.2) is 13.4 Å². The molecule has 0 aliphatic carbocycles. The summed E-state index contributed by atoms with van der Waals surface area (Å²) in [6, 6.07) is 6.34. The first-order valence-electron chi connectivity index (χ1n) is 5.49. The number of anilines is 2. The molecule has 0 radical (unpaired) electrons. The van der Waals surface area contributed by atoms with Crippen molar-refractivity contribution >= 4 is 49.1 Å². The Labute approximate surface area is 130 Å². The molecule has 1 heterocycles. The van der Waals surface area contributed by atoms with Crippen molar-refractivity contribution in [2.24, 2.45) is 0 Å². The van der Waals surface area contributed by atoms with Crippen molar-refractivity contribution in [3.05, 3.63) is 45.5 Å². The lowest BCUT2D eigenvalue weighted by Crippen LogP contribution is -2.16. The average molecular weight is 377 g/mol. The number of hydrogen-bond donors (Lipinski definition) is 2. The summed E-state index contributed by atoms with van der Waals surface area (Å²) in [7, 11) is -3.83. The number of rotatable bonds is 3. The molecule has 0 atom stereocenters. The topological polar surface area (TPSA) is 85.1 Å². The zero-order valence-electron chi connectivity index (χ0n) is 10.4. The van der Waals surface area contributed by atoms with E-state index >= 15 is 0 Å². The molecule has 20 heavy (non-hydrogen) atoms. The lowest BCUT2D eigenvalue weighted by Gasteiger charge is -2.12. The van der Waals surface area contributed by atoms with Gasteiger partial charge in [0.2, 0.25) is 0 Å². The van der Waals surface area contributed by atoms with Crippen molar-refractivity contribution in [2.75, 3.05) is 10.5 Å². The monoisotopic (exact) mass is 375 g/mol.